The minimum atomic E-state index is -0.297. The second kappa shape index (κ2) is 8.32. The van der Waals surface area contributed by atoms with E-state index in [1.165, 1.54) is 16.7 Å². The molecule has 4 aromatic rings. The molecule has 7 nitrogen and oxygen atoms in total. The molecule has 0 fully saturated rings. The number of carbonyl (C=O) groups excluding carboxylic acids is 2. The van der Waals surface area contributed by atoms with Crippen LogP contribution in [-0.2, 0) is 0 Å². The Balaban J connectivity index is 1.51. The summed E-state index contributed by atoms with van der Waals surface area (Å²) >= 11 is 1.28. The fraction of sp³-hybridized carbons (Fsp3) is 0.0833. The molecule has 32 heavy (non-hydrogen) atoms. The number of hydrogen-bond donors (Lipinski definition) is 0. The fourth-order valence-corrected chi connectivity index (χ4v) is 4.55. The second-order valence-electron chi connectivity index (χ2n) is 7.03. The van der Waals surface area contributed by atoms with E-state index in [9.17, 15) is 9.59 Å². The third-order valence-electron chi connectivity index (χ3n) is 5.20. The lowest BCUT2D eigenvalue weighted by atomic mass is 10.1. The highest BCUT2D eigenvalue weighted by atomic mass is 32.2. The highest BCUT2D eigenvalue weighted by Gasteiger charge is 2.35. The third-order valence-corrected chi connectivity index (χ3v) is 6.11. The van der Waals surface area contributed by atoms with Gasteiger partial charge in [0.25, 0.3) is 11.8 Å². The monoisotopic (exact) mass is 442 g/mol. The van der Waals surface area contributed by atoms with Crippen molar-refractivity contribution in [3.05, 3.63) is 90.0 Å². The molecular formula is C24H18N4O3S. The van der Waals surface area contributed by atoms with Crippen molar-refractivity contribution < 1.29 is 14.3 Å². The summed E-state index contributed by atoms with van der Waals surface area (Å²) in [7, 11) is 1.61. The number of fused-ring (bicyclic) bond motifs is 1. The van der Waals surface area contributed by atoms with Gasteiger partial charge in [-0.15, -0.1) is 10.2 Å². The zero-order valence-electron chi connectivity index (χ0n) is 17.1. The molecule has 2 heterocycles. The lowest BCUT2D eigenvalue weighted by Gasteiger charge is -2.15. The molecule has 2 amide bonds. The highest BCUT2D eigenvalue weighted by molar-refractivity contribution is 7.99. The van der Waals surface area contributed by atoms with Crippen molar-refractivity contribution in [2.75, 3.05) is 13.0 Å². The lowest BCUT2D eigenvalue weighted by Crippen LogP contribution is -2.29. The maximum absolute atomic E-state index is 12.7. The SMILES string of the molecule is COc1ccccc1-c1nnc(SCN2C(=O)c3ccccc3C2=O)n1-c1ccccc1. The first-order valence-electron chi connectivity index (χ1n) is 9.91. The maximum atomic E-state index is 12.7. The lowest BCUT2D eigenvalue weighted by molar-refractivity contribution is 0.0684. The van der Waals surface area contributed by atoms with Gasteiger partial charge in [-0.25, -0.2) is 0 Å². The number of benzene rings is 3. The molecule has 0 aliphatic carbocycles. The van der Waals surface area contributed by atoms with Crippen LogP contribution in [0.3, 0.4) is 0 Å². The molecule has 0 N–H and O–H groups in total. The molecule has 8 heteroatoms. The van der Waals surface area contributed by atoms with Crippen LogP contribution in [0.4, 0.5) is 0 Å². The van der Waals surface area contributed by atoms with Crippen LogP contribution < -0.4 is 4.74 Å². The predicted octanol–water partition coefficient (Wildman–Crippen LogP) is 4.29. The average molecular weight is 443 g/mol. The van der Waals surface area contributed by atoms with Crippen molar-refractivity contribution in [2.45, 2.75) is 5.16 Å². The molecular weight excluding hydrogens is 424 g/mol. The zero-order valence-corrected chi connectivity index (χ0v) is 18.0. The van der Waals surface area contributed by atoms with Crippen molar-refractivity contribution in [3.8, 4) is 22.8 Å². The van der Waals surface area contributed by atoms with Crippen LogP contribution in [0.5, 0.6) is 5.75 Å². The number of imide groups is 1. The smallest absolute Gasteiger partial charge is 0.262 e. The molecule has 0 saturated heterocycles. The van der Waals surface area contributed by atoms with Gasteiger partial charge in [-0.1, -0.05) is 54.2 Å². The van der Waals surface area contributed by atoms with Crippen molar-refractivity contribution >= 4 is 23.6 Å². The van der Waals surface area contributed by atoms with Gasteiger partial charge in [0.15, 0.2) is 11.0 Å². The summed E-state index contributed by atoms with van der Waals surface area (Å²) in [6, 6.07) is 24.1. The van der Waals surface area contributed by atoms with Gasteiger partial charge < -0.3 is 4.74 Å². The van der Waals surface area contributed by atoms with Gasteiger partial charge in [-0.2, -0.15) is 0 Å². The minimum Gasteiger partial charge on any atom is -0.496 e. The van der Waals surface area contributed by atoms with E-state index < -0.39 is 0 Å². The van der Waals surface area contributed by atoms with Crippen LogP contribution in [0.15, 0.2) is 84.0 Å². The maximum Gasteiger partial charge on any atom is 0.262 e. The van der Waals surface area contributed by atoms with E-state index in [4.69, 9.17) is 4.74 Å². The van der Waals surface area contributed by atoms with Crippen LogP contribution in [-0.4, -0.2) is 44.5 Å². The molecule has 0 saturated carbocycles. The molecule has 0 radical (unpaired) electrons. The Morgan fingerprint density at radius 3 is 2.03 bits per heavy atom. The number of aromatic nitrogens is 3. The van der Waals surface area contributed by atoms with Gasteiger partial charge >= 0.3 is 0 Å². The van der Waals surface area contributed by atoms with Crippen LogP contribution in [0, 0.1) is 0 Å². The third kappa shape index (κ3) is 3.34. The van der Waals surface area contributed by atoms with Crippen molar-refractivity contribution in [1.29, 1.82) is 0 Å². The summed E-state index contributed by atoms with van der Waals surface area (Å²) in [4.78, 5) is 26.7. The Labute approximate surface area is 188 Å². The quantitative estimate of drug-likeness (QED) is 0.328. The first-order valence-corrected chi connectivity index (χ1v) is 10.9. The Kier molecular flexibility index (Phi) is 5.20. The van der Waals surface area contributed by atoms with Crippen LogP contribution >= 0.6 is 11.8 Å². The summed E-state index contributed by atoms with van der Waals surface area (Å²) in [5.74, 6) is 0.818. The number of para-hydroxylation sites is 2. The van der Waals surface area contributed by atoms with Gasteiger partial charge in [0, 0.05) is 5.69 Å². The number of hydrogen-bond acceptors (Lipinski definition) is 6. The number of ether oxygens (including phenoxy) is 1. The molecule has 1 aliphatic rings. The van der Waals surface area contributed by atoms with E-state index in [2.05, 4.69) is 10.2 Å². The number of carbonyl (C=O) groups is 2. The Bertz CT molecular complexity index is 1280. The number of amides is 2. The van der Waals surface area contributed by atoms with Crippen LogP contribution in [0.25, 0.3) is 17.1 Å². The van der Waals surface area contributed by atoms with E-state index in [0.717, 1.165) is 11.3 Å². The topological polar surface area (TPSA) is 77.3 Å². The summed E-state index contributed by atoms with van der Waals surface area (Å²) in [5.41, 5.74) is 2.51. The normalized spacial score (nSPS) is 12.8. The number of rotatable bonds is 6. The Morgan fingerprint density at radius 1 is 0.781 bits per heavy atom. The van der Waals surface area contributed by atoms with E-state index >= 15 is 0 Å². The summed E-state index contributed by atoms with van der Waals surface area (Å²) in [6.07, 6.45) is 0. The summed E-state index contributed by atoms with van der Waals surface area (Å²) in [6.45, 7) is 0. The van der Waals surface area contributed by atoms with Crippen molar-refractivity contribution in [2.24, 2.45) is 0 Å². The summed E-state index contributed by atoms with van der Waals surface area (Å²) < 4.78 is 7.42. The van der Waals surface area contributed by atoms with Crippen molar-refractivity contribution in [3.63, 3.8) is 0 Å². The predicted molar refractivity (Wildman–Crippen MR) is 121 cm³/mol. The molecule has 3 aromatic carbocycles. The molecule has 5 rings (SSSR count). The standard InChI is InChI=1S/C24H18N4O3S/c1-31-20-14-8-7-13-19(20)21-25-26-24(28(21)16-9-3-2-4-10-16)32-15-27-22(29)17-11-5-6-12-18(17)23(27)30/h2-14H,15H2,1H3. The number of nitrogens with zero attached hydrogens (tertiary/aromatic N) is 4. The fourth-order valence-electron chi connectivity index (χ4n) is 3.66. The van der Waals surface area contributed by atoms with E-state index in [0.29, 0.717) is 27.9 Å². The molecule has 0 bridgehead atoms. The van der Waals surface area contributed by atoms with Crippen molar-refractivity contribution in [1.82, 2.24) is 19.7 Å². The molecule has 0 unspecified atom stereocenters. The molecule has 0 spiro atoms. The Hall–Kier alpha value is -3.91. The molecule has 1 aromatic heterocycles. The molecule has 0 atom stereocenters. The van der Waals surface area contributed by atoms with Crippen LogP contribution in [0.1, 0.15) is 20.7 Å². The van der Waals surface area contributed by atoms with E-state index in [1.54, 1.807) is 31.4 Å². The first kappa shape index (κ1) is 20.0. The minimum absolute atomic E-state index is 0.128. The van der Waals surface area contributed by atoms with Gasteiger partial charge in [-0.05, 0) is 36.4 Å². The molecule has 1 aliphatic heterocycles. The average Bonchev–Trinajstić information content (AvgIpc) is 3.37. The van der Waals surface area contributed by atoms with Gasteiger partial charge in [0.1, 0.15) is 5.75 Å². The van der Waals surface area contributed by atoms with E-state index in [1.807, 2.05) is 59.2 Å². The number of thioether (sulfide) groups is 1. The zero-order chi connectivity index (χ0) is 22.1. The molecule has 158 valence electrons. The first-order chi connectivity index (χ1) is 15.7. The van der Waals surface area contributed by atoms with E-state index in [-0.39, 0.29) is 17.7 Å². The Morgan fingerprint density at radius 2 is 1.38 bits per heavy atom. The van der Waals surface area contributed by atoms with Gasteiger partial charge in [-0.3, -0.25) is 19.1 Å². The largest absolute Gasteiger partial charge is 0.496 e. The second-order valence-corrected chi connectivity index (χ2v) is 7.95. The van der Waals surface area contributed by atoms with Gasteiger partial charge in [0.2, 0.25) is 0 Å². The summed E-state index contributed by atoms with van der Waals surface area (Å²) in [5, 5.41) is 9.36. The highest BCUT2D eigenvalue weighted by Crippen LogP contribution is 2.34. The number of methoxy groups -OCH3 is 1. The van der Waals surface area contributed by atoms with Gasteiger partial charge in [0.05, 0.1) is 29.7 Å². The van der Waals surface area contributed by atoms with Crippen LogP contribution in [0.2, 0.25) is 0 Å².